The van der Waals surface area contributed by atoms with Crippen LogP contribution in [0.3, 0.4) is 0 Å². The van der Waals surface area contributed by atoms with E-state index in [1.165, 1.54) is 0 Å². The van der Waals surface area contributed by atoms with Gasteiger partial charge >= 0.3 is 0 Å². The summed E-state index contributed by atoms with van der Waals surface area (Å²) in [6.45, 7) is 8.28. The van der Waals surface area contributed by atoms with Crippen LogP contribution in [0.2, 0.25) is 0 Å². The van der Waals surface area contributed by atoms with E-state index in [4.69, 9.17) is 5.73 Å². The van der Waals surface area contributed by atoms with Gasteiger partial charge in [0.15, 0.2) is 5.75 Å². The number of rotatable bonds is 1. The lowest BCUT2D eigenvalue weighted by atomic mass is 9.77. The number of nitrogens with zero attached hydrogens (tertiary/aromatic N) is 1. The minimum atomic E-state index is -0.116. The van der Waals surface area contributed by atoms with Gasteiger partial charge in [-0.1, -0.05) is 26.8 Å². The van der Waals surface area contributed by atoms with Crippen molar-refractivity contribution in [3.63, 3.8) is 0 Å². The molecule has 4 heteroatoms. The fourth-order valence-corrected chi connectivity index (χ4v) is 3.07. The van der Waals surface area contributed by atoms with E-state index in [0.29, 0.717) is 11.5 Å². The van der Waals surface area contributed by atoms with Crippen LogP contribution in [-0.4, -0.2) is 29.0 Å². The molecule has 21 heavy (non-hydrogen) atoms. The Labute approximate surface area is 126 Å². The number of carbonyl (C=O) groups is 1. The van der Waals surface area contributed by atoms with Crippen molar-refractivity contribution < 1.29 is 9.90 Å². The first-order valence-corrected chi connectivity index (χ1v) is 7.67. The molecule has 0 aliphatic carbocycles. The predicted octanol–water partition coefficient (Wildman–Crippen LogP) is 3.26. The van der Waals surface area contributed by atoms with Crippen LogP contribution in [0.5, 0.6) is 5.75 Å². The second-order valence-corrected chi connectivity index (χ2v) is 7.03. The summed E-state index contributed by atoms with van der Waals surface area (Å²) < 4.78 is 0. The summed E-state index contributed by atoms with van der Waals surface area (Å²) in [4.78, 5) is 14.4. The number of aromatic hydroxyl groups is 1. The summed E-state index contributed by atoms with van der Waals surface area (Å²) in [5.41, 5.74) is 6.52. The van der Waals surface area contributed by atoms with Crippen molar-refractivity contribution in [1.82, 2.24) is 4.90 Å². The van der Waals surface area contributed by atoms with Crippen molar-refractivity contribution in [2.24, 2.45) is 11.3 Å². The Hall–Kier alpha value is -1.71. The van der Waals surface area contributed by atoms with E-state index in [-0.39, 0.29) is 22.8 Å². The van der Waals surface area contributed by atoms with E-state index < -0.39 is 0 Å². The molecule has 1 aromatic carbocycles. The molecule has 0 radical (unpaired) electrons. The Morgan fingerprint density at radius 1 is 1.29 bits per heavy atom. The van der Waals surface area contributed by atoms with Gasteiger partial charge in [0.2, 0.25) is 0 Å². The number of anilines is 1. The lowest BCUT2D eigenvalue weighted by molar-refractivity contribution is 0.0752. The highest BCUT2D eigenvalue weighted by atomic mass is 16.3. The molecular formula is C17H26N2O2. The largest absolute Gasteiger partial charge is 0.505 e. The first kappa shape index (κ1) is 15.7. The van der Waals surface area contributed by atoms with Crippen LogP contribution in [0.15, 0.2) is 18.2 Å². The molecule has 0 saturated carbocycles. The molecule has 1 unspecified atom stereocenters. The van der Waals surface area contributed by atoms with Crippen molar-refractivity contribution >= 4 is 11.6 Å². The van der Waals surface area contributed by atoms with Crippen molar-refractivity contribution in [3.8, 4) is 5.75 Å². The fourth-order valence-electron chi connectivity index (χ4n) is 3.07. The fraction of sp³-hybridized carbons (Fsp3) is 0.588. The second kappa shape index (κ2) is 5.96. The zero-order valence-electron chi connectivity index (χ0n) is 13.2. The molecular weight excluding hydrogens is 264 g/mol. The van der Waals surface area contributed by atoms with Gasteiger partial charge in [-0.05, 0) is 42.7 Å². The molecule has 1 aliphatic rings. The maximum absolute atomic E-state index is 12.6. The average molecular weight is 290 g/mol. The van der Waals surface area contributed by atoms with Gasteiger partial charge in [0.1, 0.15) is 0 Å². The molecule has 1 fully saturated rings. The monoisotopic (exact) mass is 290 g/mol. The molecule has 2 rings (SSSR count). The molecule has 0 aromatic heterocycles. The van der Waals surface area contributed by atoms with E-state index in [1.54, 1.807) is 18.2 Å². The van der Waals surface area contributed by atoms with Crippen LogP contribution in [0.4, 0.5) is 5.69 Å². The third-order valence-corrected chi connectivity index (χ3v) is 4.54. The van der Waals surface area contributed by atoms with E-state index in [0.717, 1.165) is 32.4 Å². The van der Waals surface area contributed by atoms with Crippen LogP contribution >= 0.6 is 0 Å². The third kappa shape index (κ3) is 3.49. The number of nitrogens with two attached hydrogens (primary N) is 1. The van der Waals surface area contributed by atoms with Crippen LogP contribution < -0.4 is 5.73 Å². The summed E-state index contributed by atoms with van der Waals surface area (Å²) in [6, 6.07) is 4.95. The molecule has 1 amide bonds. The van der Waals surface area contributed by atoms with E-state index in [2.05, 4.69) is 20.8 Å². The number of benzene rings is 1. The van der Waals surface area contributed by atoms with Crippen molar-refractivity contribution in [1.29, 1.82) is 0 Å². The van der Waals surface area contributed by atoms with Crippen LogP contribution in [-0.2, 0) is 0 Å². The van der Waals surface area contributed by atoms with Crippen LogP contribution in [0.25, 0.3) is 0 Å². The van der Waals surface area contributed by atoms with Crippen molar-refractivity contribution in [2.75, 3.05) is 18.8 Å². The van der Waals surface area contributed by atoms with Gasteiger partial charge in [0.05, 0.1) is 11.3 Å². The molecule has 116 valence electrons. The molecule has 1 heterocycles. The smallest absolute Gasteiger partial charge is 0.257 e. The topological polar surface area (TPSA) is 66.6 Å². The van der Waals surface area contributed by atoms with Crippen molar-refractivity contribution in [2.45, 2.75) is 40.0 Å². The van der Waals surface area contributed by atoms with Crippen LogP contribution in [0.1, 0.15) is 50.4 Å². The van der Waals surface area contributed by atoms with Crippen molar-refractivity contribution in [3.05, 3.63) is 23.8 Å². The van der Waals surface area contributed by atoms with Gasteiger partial charge in [-0.25, -0.2) is 0 Å². The van der Waals surface area contributed by atoms with Gasteiger partial charge in [0.25, 0.3) is 5.91 Å². The summed E-state index contributed by atoms with van der Waals surface area (Å²) in [5, 5.41) is 9.98. The SMILES string of the molecule is CC(C)(C)C1CCCN(C(=O)c2cccc(N)c2O)CC1. The molecule has 1 saturated heterocycles. The number of carbonyl (C=O) groups excluding carboxylic acids is 1. The summed E-state index contributed by atoms with van der Waals surface area (Å²) in [5.74, 6) is 0.415. The van der Waals surface area contributed by atoms with E-state index in [1.807, 2.05) is 4.90 Å². The van der Waals surface area contributed by atoms with E-state index in [9.17, 15) is 9.90 Å². The minimum Gasteiger partial charge on any atom is -0.505 e. The Balaban J connectivity index is 2.12. The van der Waals surface area contributed by atoms with Crippen LogP contribution in [0, 0.1) is 11.3 Å². The molecule has 0 spiro atoms. The highest BCUT2D eigenvalue weighted by molar-refractivity contribution is 5.98. The van der Waals surface area contributed by atoms with E-state index >= 15 is 0 Å². The van der Waals surface area contributed by atoms with Gasteiger partial charge in [0, 0.05) is 13.1 Å². The molecule has 3 N–H and O–H groups in total. The maximum Gasteiger partial charge on any atom is 0.257 e. The number of phenols is 1. The summed E-state index contributed by atoms with van der Waals surface area (Å²) in [7, 11) is 0. The maximum atomic E-state index is 12.6. The molecule has 1 aromatic rings. The first-order valence-electron chi connectivity index (χ1n) is 7.67. The van der Waals surface area contributed by atoms with Gasteiger partial charge in [-0.2, -0.15) is 0 Å². The Bertz CT molecular complexity index is 520. The number of likely N-dealkylation sites (tertiary alicyclic amines) is 1. The highest BCUT2D eigenvalue weighted by Crippen LogP contribution is 2.35. The number of phenolic OH excluding ortho intramolecular Hbond substituents is 1. The quantitative estimate of drug-likeness (QED) is 0.616. The zero-order valence-corrected chi connectivity index (χ0v) is 13.2. The van der Waals surface area contributed by atoms with Gasteiger partial charge < -0.3 is 15.7 Å². The highest BCUT2D eigenvalue weighted by Gasteiger charge is 2.29. The minimum absolute atomic E-state index is 0.0980. The predicted molar refractivity (Wildman–Crippen MR) is 85.2 cm³/mol. The first-order chi connectivity index (χ1) is 9.80. The summed E-state index contributed by atoms with van der Waals surface area (Å²) >= 11 is 0. The number of hydrogen-bond acceptors (Lipinski definition) is 3. The van der Waals surface area contributed by atoms with Gasteiger partial charge in [-0.3, -0.25) is 4.79 Å². The number of para-hydroxylation sites is 1. The normalized spacial score (nSPS) is 20.1. The number of hydrogen-bond donors (Lipinski definition) is 2. The third-order valence-electron chi connectivity index (χ3n) is 4.54. The van der Waals surface area contributed by atoms with Gasteiger partial charge in [-0.15, -0.1) is 0 Å². The summed E-state index contributed by atoms with van der Waals surface area (Å²) in [6.07, 6.45) is 3.17. The molecule has 1 atom stereocenters. The number of amides is 1. The molecule has 1 aliphatic heterocycles. The second-order valence-electron chi connectivity index (χ2n) is 7.03. The number of nitrogen functional groups attached to an aromatic ring is 1. The Morgan fingerprint density at radius 2 is 2.00 bits per heavy atom. The Morgan fingerprint density at radius 3 is 2.67 bits per heavy atom. The standard InChI is InChI=1S/C17H26N2O2/c1-17(2,3)12-6-5-10-19(11-9-12)16(21)13-7-4-8-14(18)15(13)20/h4,7-8,12,20H,5-6,9-11,18H2,1-3H3. The average Bonchev–Trinajstić information content (AvgIpc) is 2.66. The molecule has 0 bridgehead atoms. The lowest BCUT2D eigenvalue weighted by Crippen LogP contribution is -2.32. The molecule has 4 nitrogen and oxygen atoms in total. The Kier molecular flexibility index (Phi) is 4.45. The lowest BCUT2D eigenvalue weighted by Gasteiger charge is -2.29. The zero-order chi connectivity index (χ0) is 15.6.